The molecule has 2 aromatic rings. The predicted octanol–water partition coefficient (Wildman–Crippen LogP) is 2.80. The summed E-state index contributed by atoms with van der Waals surface area (Å²) in [4.78, 5) is 11.6. The number of hydrogen-bond donors (Lipinski definition) is 2. The second-order valence-corrected chi connectivity index (χ2v) is 4.65. The van der Waals surface area contributed by atoms with Gasteiger partial charge in [-0.2, -0.15) is 0 Å². The fraction of sp³-hybridized carbons (Fsp3) is 0.167. The fourth-order valence-corrected chi connectivity index (χ4v) is 1.79. The van der Waals surface area contributed by atoms with Crippen molar-refractivity contribution in [3.8, 4) is 0 Å². The van der Waals surface area contributed by atoms with E-state index in [-0.39, 0.29) is 12.5 Å². The smallest absolute Gasteiger partial charge is 0.244 e. The molecule has 0 saturated heterocycles. The first-order chi connectivity index (χ1) is 8.63. The van der Waals surface area contributed by atoms with Crippen molar-refractivity contribution in [2.45, 2.75) is 6.92 Å². The summed E-state index contributed by atoms with van der Waals surface area (Å²) in [5.41, 5.74) is 0.871. The van der Waals surface area contributed by atoms with Gasteiger partial charge in [0, 0.05) is 16.2 Å². The van der Waals surface area contributed by atoms with E-state index in [4.69, 9.17) is 4.52 Å². The SMILES string of the molecule is Cc1cc(NC(=O)CNc2cccc(Br)c2)no1. The van der Waals surface area contributed by atoms with Gasteiger partial charge in [-0.3, -0.25) is 4.79 Å². The van der Waals surface area contributed by atoms with E-state index in [1.54, 1.807) is 13.0 Å². The molecule has 18 heavy (non-hydrogen) atoms. The highest BCUT2D eigenvalue weighted by Gasteiger charge is 2.05. The van der Waals surface area contributed by atoms with Crippen LogP contribution in [0.1, 0.15) is 5.76 Å². The first-order valence-corrected chi connectivity index (χ1v) is 6.15. The summed E-state index contributed by atoms with van der Waals surface area (Å²) < 4.78 is 5.81. The molecule has 0 aliphatic carbocycles. The number of anilines is 2. The van der Waals surface area contributed by atoms with Gasteiger partial charge in [-0.25, -0.2) is 0 Å². The molecule has 0 atom stereocenters. The number of nitrogens with zero attached hydrogens (tertiary/aromatic N) is 1. The summed E-state index contributed by atoms with van der Waals surface area (Å²) in [6.45, 7) is 1.94. The number of aryl methyl sites for hydroxylation is 1. The molecule has 1 heterocycles. The third-order valence-corrected chi connectivity index (χ3v) is 2.67. The first-order valence-electron chi connectivity index (χ1n) is 5.36. The Bertz CT molecular complexity index is 554. The molecule has 1 aromatic carbocycles. The molecule has 0 aliphatic rings. The maximum Gasteiger partial charge on any atom is 0.244 e. The lowest BCUT2D eigenvalue weighted by Gasteiger charge is -2.06. The molecule has 0 unspecified atom stereocenters. The van der Waals surface area contributed by atoms with Gasteiger partial charge in [-0.05, 0) is 25.1 Å². The Hall–Kier alpha value is -1.82. The van der Waals surface area contributed by atoms with Crippen LogP contribution in [-0.2, 0) is 4.79 Å². The standard InChI is InChI=1S/C12H12BrN3O2/c1-8-5-11(16-18-8)15-12(17)7-14-10-4-2-3-9(13)6-10/h2-6,14H,7H2,1H3,(H,15,16,17). The Kier molecular flexibility index (Phi) is 3.99. The van der Waals surface area contributed by atoms with Crippen LogP contribution in [0.25, 0.3) is 0 Å². The largest absolute Gasteiger partial charge is 0.376 e. The van der Waals surface area contributed by atoms with Gasteiger partial charge in [-0.1, -0.05) is 27.2 Å². The molecule has 5 nitrogen and oxygen atoms in total. The molecular weight excluding hydrogens is 298 g/mol. The monoisotopic (exact) mass is 309 g/mol. The van der Waals surface area contributed by atoms with Gasteiger partial charge in [0.15, 0.2) is 5.82 Å². The average Bonchev–Trinajstić information content (AvgIpc) is 2.72. The van der Waals surface area contributed by atoms with Crippen LogP contribution in [0.15, 0.2) is 39.3 Å². The van der Waals surface area contributed by atoms with Gasteiger partial charge < -0.3 is 15.2 Å². The number of aromatic nitrogens is 1. The van der Waals surface area contributed by atoms with Gasteiger partial charge in [0.1, 0.15) is 5.76 Å². The molecule has 0 bridgehead atoms. The van der Waals surface area contributed by atoms with E-state index >= 15 is 0 Å². The van der Waals surface area contributed by atoms with Crippen molar-refractivity contribution in [1.29, 1.82) is 0 Å². The molecule has 0 radical (unpaired) electrons. The molecule has 0 aliphatic heterocycles. The average molecular weight is 310 g/mol. The van der Waals surface area contributed by atoms with Crippen LogP contribution in [0.3, 0.4) is 0 Å². The highest BCUT2D eigenvalue weighted by Crippen LogP contribution is 2.15. The maximum absolute atomic E-state index is 11.6. The summed E-state index contributed by atoms with van der Waals surface area (Å²) in [5.74, 6) is 0.905. The summed E-state index contributed by atoms with van der Waals surface area (Å²) in [6.07, 6.45) is 0. The zero-order chi connectivity index (χ0) is 13.0. The minimum absolute atomic E-state index is 0.169. The molecule has 6 heteroatoms. The Morgan fingerprint density at radius 2 is 2.28 bits per heavy atom. The van der Waals surface area contributed by atoms with Crippen LogP contribution < -0.4 is 10.6 Å². The van der Waals surface area contributed by atoms with Crippen LogP contribution in [0.5, 0.6) is 0 Å². The van der Waals surface area contributed by atoms with Gasteiger partial charge in [0.25, 0.3) is 0 Å². The fourth-order valence-electron chi connectivity index (χ4n) is 1.39. The third-order valence-electron chi connectivity index (χ3n) is 2.17. The molecule has 2 N–H and O–H groups in total. The van der Waals surface area contributed by atoms with E-state index in [0.717, 1.165) is 10.2 Å². The summed E-state index contributed by atoms with van der Waals surface area (Å²) in [5, 5.41) is 9.32. The number of amides is 1. The van der Waals surface area contributed by atoms with Gasteiger partial charge in [0.2, 0.25) is 5.91 Å². The molecular formula is C12H12BrN3O2. The quantitative estimate of drug-likeness (QED) is 0.911. The minimum atomic E-state index is -0.178. The van der Waals surface area contributed by atoms with E-state index in [2.05, 4.69) is 31.7 Å². The van der Waals surface area contributed by atoms with Crippen molar-refractivity contribution in [2.75, 3.05) is 17.2 Å². The van der Waals surface area contributed by atoms with Crippen LogP contribution in [0, 0.1) is 6.92 Å². The summed E-state index contributed by atoms with van der Waals surface area (Å²) in [6, 6.07) is 9.26. The number of rotatable bonds is 4. The zero-order valence-electron chi connectivity index (χ0n) is 9.74. The van der Waals surface area contributed by atoms with E-state index < -0.39 is 0 Å². The molecule has 0 spiro atoms. The Labute approximate surface area is 113 Å². The Morgan fingerprint density at radius 1 is 1.44 bits per heavy atom. The Morgan fingerprint density at radius 3 is 2.94 bits per heavy atom. The van der Waals surface area contributed by atoms with Crippen LogP contribution in [0.4, 0.5) is 11.5 Å². The van der Waals surface area contributed by atoms with Crippen molar-refractivity contribution in [2.24, 2.45) is 0 Å². The summed E-state index contributed by atoms with van der Waals surface area (Å²) >= 11 is 3.36. The van der Waals surface area contributed by atoms with Gasteiger partial charge in [-0.15, -0.1) is 0 Å². The maximum atomic E-state index is 11.6. The number of hydrogen-bond acceptors (Lipinski definition) is 4. The minimum Gasteiger partial charge on any atom is -0.376 e. The number of carbonyl (C=O) groups is 1. The van der Waals surface area contributed by atoms with Crippen molar-refractivity contribution in [3.63, 3.8) is 0 Å². The topological polar surface area (TPSA) is 67.2 Å². The number of carbonyl (C=O) groups excluding carboxylic acids is 1. The number of halogens is 1. The van der Waals surface area contributed by atoms with E-state index in [0.29, 0.717) is 11.6 Å². The normalized spacial score (nSPS) is 10.1. The van der Waals surface area contributed by atoms with Crippen LogP contribution >= 0.6 is 15.9 Å². The predicted molar refractivity (Wildman–Crippen MR) is 72.5 cm³/mol. The second kappa shape index (κ2) is 5.68. The van der Waals surface area contributed by atoms with Crippen molar-refractivity contribution in [1.82, 2.24) is 5.16 Å². The van der Waals surface area contributed by atoms with Crippen molar-refractivity contribution in [3.05, 3.63) is 40.6 Å². The van der Waals surface area contributed by atoms with E-state index in [1.807, 2.05) is 24.3 Å². The zero-order valence-corrected chi connectivity index (χ0v) is 11.3. The molecule has 0 fully saturated rings. The number of nitrogens with one attached hydrogen (secondary N) is 2. The molecule has 0 saturated carbocycles. The molecule has 1 amide bonds. The Balaban J connectivity index is 1.85. The van der Waals surface area contributed by atoms with Crippen molar-refractivity contribution >= 4 is 33.3 Å². The third kappa shape index (κ3) is 3.59. The van der Waals surface area contributed by atoms with Gasteiger partial charge >= 0.3 is 0 Å². The lowest BCUT2D eigenvalue weighted by Crippen LogP contribution is -2.21. The molecule has 1 aromatic heterocycles. The van der Waals surface area contributed by atoms with Crippen LogP contribution in [0.2, 0.25) is 0 Å². The second-order valence-electron chi connectivity index (χ2n) is 3.73. The molecule has 2 rings (SSSR count). The lowest BCUT2D eigenvalue weighted by atomic mass is 10.3. The number of benzene rings is 1. The van der Waals surface area contributed by atoms with Crippen molar-refractivity contribution < 1.29 is 9.32 Å². The van der Waals surface area contributed by atoms with Gasteiger partial charge in [0.05, 0.1) is 6.54 Å². The summed E-state index contributed by atoms with van der Waals surface area (Å²) in [7, 11) is 0. The highest BCUT2D eigenvalue weighted by molar-refractivity contribution is 9.10. The molecule has 94 valence electrons. The lowest BCUT2D eigenvalue weighted by molar-refractivity contribution is -0.114. The highest BCUT2D eigenvalue weighted by atomic mass is 79.9. The van der Waals surface area contributed by atoms with E-state index in [1.165, 1.54) is 0 Å². The first kappa shape index (κ1) is 12.6. The van der Waals surface area contributed by atoms with E-state index in [9.17, 15) is 4.79 Å². The van der Waals surface area contributed by atoms with Crippen LogP contribution in [-0.4, -0.2) is 17.6 Å².